The van der Waals surface area contributed by atoms with Gasteiger partial charge in [-0.05, 0) is 39.3 Å². The third kappa shape index (κ3) is 3.51. The summed E-state index contributed by atoms with van der Waals surface area (Å²) in [5.74, 6) is -0.179. The van der Waals surface area contributed by atoms with E-state index in [0.717, 1.165) is 24.2 Å². The number of aryl methyl sites for hydroxylation is 2. The summed E-state index contributed by atoms with van der Waals surface area (Å²) in [6.45, 7) is 8.32. The van der Waals surface area contributed by atoms with E-state index in [1.807, 2.05) is 37.6 Å². The Balaban J connectivity index is 2.76. The van der Waals surface area contributed by atoms with Crippen molar-refractivity contribution in [3.63, 3.8) is 0 Å². The minimum atomic E-state index is -0.273. The summed E-state index contributed by atoms with van der Waals surface area (Å²) in [6, 6.07) is 3.78. The molecule has 0 radical (unpaired) electrons. The van der Waals surface area contributed by atoms with E-state index in [1.165, 1.54) is 0 Å². The van der Waals surface area contributed by atoms with Gasteiger partial charge in [-0.3, -0.25) is 4.68 Å². The minimum absolute atomic E-state index is 0.179. The van der Waals surface area contributed by atoms with Crippen LogP contribution in [0.1, 0.15) is 38.1 Å². The number of ether oxygens (including phenoxy) is 1. The molecule has 0 saturated carbocycles. The van der Waals surface area contributed by atoms with E-state index < -0.39 is 0 Å². The third-order valence-corrected chi connectivity index (χ3v) is 2.70. The molecule has 0 saturated heterocycles. The second-order valence-electron chi connectivity index (χ2n) is 4.17. The molecule has 0 aromatic carbocycles. The summed E-state index contributed by atoms with van der Waals surface area (Å²) in [4.78, 5) is 11.8. The molecule has 1 aromatic rings. The molecule has 0 spiro atoms. The lowest BCUT2D eigenvalue weighted by molar-refractivity contribution is -0.144. The van der Waals surface area contributed by atoms with Crippen LogP contribution in [-0.2, 0) is 9.53 Å². The lowest BCUT2D eigenvalue weighted by Gasteiger charge is -2.21. The van der Waals surface area contributed by atoms with Gasteiger partial charge < -0.3 is 10.2 Å². The van der Waals surface area contributed by atoms with Crippen molar-refractivity contribution >= 4 is 5.97 Å². The van der Waals surface area contributed by atoms with Crippen LogP contribution < -0.4 is 5.43 Å². The lowest BCUT2D eigenvalue weighted by Crippen LogP contribution is -2.37. The molecule has 96 valence electrons. The van der Waals surface area contributed by atoms with Gasteiger partial charge in [0, 0.05) is 11.4 Å². The Bertz CT molecular complexity index is 352. The first kappa shape index (κ1) is 13.6. The van der Waals surface area contributed by atoms with Crippen LogP contribution in [0, 0.1) is 13.8 Å². The van der Waals surface area contributed by atoms with E-state index in [-0.39, 0.29) is 12.0 Å². The molecule has 4 nitrogen and oxygen atoms in total. The largest absolute Gasteiger partial charge is 0.464 e. The van der Waals surface area contributed by atoms with Gasteiger partial charge in [0.05, 0.1) is 6.61 Å². The van der Waals surface area contributed by atoms with Crippen molar-refractivity contribution in [1.82, 2.24) is 4.68 Å². The van der Waals surface area contributed by atoms with E-state index >= 15 is 0 Å². The van der Waals surface area contributed by atoms with E-state index in [2.05, 4.69) is 12.3 Å². The number of aromatic nitrogens is 1. The van der Waals surface area contributed by atoms with Crippen molar-refractivity contribution in [2.75, 3.05) is 12.0 Å². The first-order valence-corrected chi connectivity index (χ1v) is 6.18. The maximum Gasteiger partial charge on any atom is 0.330 e. The Morgan fingerprint density at radius 3 is 2.41 bits per heavy atom. The number of nitrogens with zero attached hydrogens (tertiary/aromatic N) is 1. The number of hydrogen-bond donors (Lipinski definition) is 1. The maximum absolute atomic E-state index is 11.8. The fourth-order valence-electron chi connectivity index (χ4n) is 1.79. The summed E-state index contributed by atoms with van der Waals surface area (Å²) in [6.07, 6.45) is 1.71. The molecule has 1 aromatic heterocycles. The summed E-state index contributed by atoms with van der Waals surface area (Å²) in [5.41, 5.74) is 5.40. The van der Waals surface area contributed by atoms with Crippen LogP contribution >= 0.6 is 0 Å². The van der Waals surface area contributed by atoms with Gasteiger partial charge in [-0.1, -0.05) is 13.3 Å². The topological polar surface area (TPSA) is 43.3 Å². The van der Waals surface area contributed by atoms with Crippen molar-refractivity contribution in [3.05, 3.63) is 23.5 Å². The fourth-order valence-corrected chi connectivity index (χ4v) is 1.79. The Kier molecular flexibility index (Phi) is 5.07. The van der Waals surface area contributed by atoms with E-state index in [9.17, 15) is 4.79 Å². The van der Waals surface area contributed by atoms with Crippen LogP contribution in [0.2, 0.25) is 0 Å². The zero-order valence-electron chi connectivity index (χ0n) is 11.1. The Labute approximate surface area is 103 Å². The highest BCUT2D eigenvalue weighted by Crippen LogP contribution is 2.08. The van der Waals surface area contributed by atoms with Crippen molar-refractivity contribution in [3.8, 4) is 0 Å². The lowest BCUT2D eigenvalue weighted by atomic mass is 10.2. The van der Waals surface area contributed by atoms with Crippen molar-refractivity contribution in [2.24, 2.45) is 0 Å². The second-order valence-corrected chi connectivity index (χ2v) is 4.17. The summed E-state index contributed by atoms with van der Waals surface area (Å²) >= 11 is 0. The predicted molar refractivity (Wildman–Crippen MR) is 68.6 cm³/mol. The molecule has 4 heteroatoms. The van der Waals surface area contributed by atoms with Crippen molar-refractivity contribution in [1.29, 1.82) is 0 Å². The van der Waals surface area contributed by atoms with E-state index in [4.69, 9.17) is 4.74 Å². The molecule has 1 atom stereocenters. The highest BCUT2D eigenvalue weighted by molar-refractivity contribution is 5.77. The number of nitrogens with one attached hydrogen (secondary N) is 1. The highest BCUT2D eigenvalue weighted by atomic mass is 16.5. The minimum Gasteiger partial charge on any atom is -0.464 e. The van der Waals surface area contributed by atoms with Crippen LogP contribution in [-0.4, -0.2) is 23.3 Å². The fraction of sp³-hybridized carbons (Fsp3) is 0.615. The van der Waals surface area contributed by atoms with Crippen LogP contribution in [0.15, 0.2) is 12.1 Å². The molecular formula is C13H22N2O2. The molecule has 17 heavy (non-hydrogen) atoms. The van der Waals surface area contributed by atoms with Gasteiger partial charge in [-0.25, -0.2) is 4.79 Å². The number of hydrogen-bond acceptors (Lipinski definition) is 3. The molecule has 0 amide bonds. The van der Waals surface area contributed by atoms with Gasteiger partial charge >= 0.3 is 5.97 Å². The molecule has 0 fully saturated rings. The molecule has 1 unspecified atom stereocenters. The van der Waals surface area contributed by atoms with Gasteiger partial charge in [-0.15, -0.1) is 0 Å². The number of esters is 1. The van der Waals surface area contributed by atoms with E-state index in [0.29, 0.717) is 6.61 Å². The Morgan fingerprint density at radius 1 is 1.35 bits per heavy atom. The average molecular weight is 238 g/mol. The standard InChI is InChI=1S/C13H22N2O2/c1-5-7-12(13(16)17-6-2)14-15-10(3)8-9-11(15)4/h8-9,12,14H,5-7H2,1-4H3. The summed E-state index contributed by atoms with van der Waals surface area (Å²) in [5, 5.41) is 0. The second kappa shape index (κ2) is 6.33. The highest BCUT2D eigenvalue weighted by Gasteiger charge is 2.19. The summed E-state index contributed by atoms with van der Waals surface area (Å²) in [7, 11) is 0. The van der Waals surface area contributed by atoms with Gasteiger partial charge in [-0.2, -0.15) is 0 Å². The van der Waals surface area contributed by atoms with Crippen LogP contribution in [0.5, 0.6) is 0 Å². The van der Waals surface area contributed by atoms with Gasteiger partial charge in [0.15, 0.2) is 0 Å². The van der Waals surface area contributed by atoms with Crippen LogP contribution in [0.3, 0.4) is 0 Å². The van der Waals surface area contributed by atoms with Crippen LogP contribution in [0.4, 0.5) is 0 Å². The molecule has 1 N–H and O–H groups in total. The van der Waals surface area contributed by atoms with Gasteiger partial charge in [0.25, 0.3) is 0 Å². The number of carbonyl (C=O) groups excluding carboxylic acids is 1. The molecule has 1 heterocycles. The SMILES string of the molecule is CCCC(Nn1c(C)ccc1C)C(=O)OCC. The third-order valence-electron chi connectivity index (χ3n) is 2.70. The quantitative estimate of drug-likeness (QED) is 0.774. The number of rotatable bonds is 6. The molecule has 0 aliphatic rings. The van der Waals surface area contributed by atoms with Crippen LogP contribution in [0.25, 0.3) is 0 Å². The predicted octanol–water partition coefficient (Wildman–Crippen LogP) is 2.38. The Morgan fingerprint density at radius 2 is 1.94 bits per heavy atom. The monoisotopic (exact) mass is 238 g/mol. The molecular weight excluding hydrogens is 216 g/mol. The first-order valence-electron chi connectivity index (χ1n) is 6.18. The van der Waals surface area contributed by atoms with Gasteiger partial charge in [0.1, 0.15) is 6.04 Å². The van der Waals surface area contributed by atoms with Gasteiger partial charge in [0.2, 0.25) is 0 Å². The summed E-state index contributed by atoms with van der Waals surface area (Å²) < 4.78 is 7.01. The van der Waals surface area contributed by atoms with Crippen molar-refractivity contribution in [2.45, 2.75) is 46.6 Å². The molecule has 0 bridgehead atoms. The Hall–Kier alpha value is -1.45. The van der Waals surface area contributed by atoms with Crippen molar-refractivity contribution < 1.29 is 9.53 Å². The van der Waals surface area contributed by atoms with E-state index in [1.54, 1.807) is 0 Å². The maximum atomic E-state index is 11.8. The zero-order chi connectivity index (χ0) is 12.8. The smallest absolute Gasteiger partial charge is 0.330 e. The molecule has 0 aliphatic carbocycles. The number of carbonyl (C=O) groups is 1. The molecule has 0 aliphatic heterocycles. The average Bonchev–Trinajstić information content (AvgIpc) is 2.60. The zero-order valence-corrected chi connectivity index (χ0v) is 11.1. The molecule has 1 rings (SSSR count). The normalized spacial score (nSPS) is 12.2. The first-order chi connectivity index (χ1) is 8.10.